The van der Waals surface area contributed by atoms with Gasteiger partial charge in [0.05, 0.1) is 31.6 Å². The van der Waals surface area contributed by atoms with Crippen LogP contribution in [0, 0.1) is 11.6 Å². The summed E-state index contributed by atoms with van der Waals surface area (Å²) < 4.78 is 41.9. The minimum absolute atomic E-state index is 0.00124. The topological polar surface area (TPSA) is 152 Å². The Morgan fingerprint density at radius 3 is 2.57 bits per heavy atom. The second kappa shape index (κ2) is 12.3. The summed E-state index contributed by atoms with van der Waals surface area (Å²) in [4.78, 5) is 57.1. The highest BCUT2D eigenvalue weighted by molar-refractivity contribution is 5.94. The predicted octanol–water partition coefficient (Wildman–Crippen LogP) is 1.15. The molecule has 1 N–H and O–H groups in total. The molecule has 222 valence electrons. The molecule has 2 aromatic heterocycles. The first-order valence-corrected chi connectivity index (χ1v) is 13.3. The highest BCUT2D eigenvalue weighted by atomic mass is 19.1. The Hall–Kier alpha value is -4.89. The molecule has 2 aliphatic heterocycles. The van der Waals surface area contributed by atoms with Gasteiger partial charge in [-0.3, -0.25) is 28.7 Å². The Bertz CT molecular complexity index is 1490. The maximum atomic E-state index is 15.2. The van der Waals surface area contributed by atoms with E-state index in [9.17, 15) is 19.2 Å². The van der Waals surface area contributed by atoms with Crippen molar-refractivity contribution in [3.8, 4) is 0 Å². The molecule has 3 amide bonds. The van der Waals surface area contributed by atoms with Gasteiger partial charge in [-0.2, -0.15) is 0 Å². The van der Waals surface area contributed by atoms with Gasteiger partial charge in [0, 0.05) is 57.1 Å². The van der Waals surface area contributed by atoms with E-state index in [-0.39, 0.29) is 81.8 Å². The molecule has 0 aliphatic carbocycles. The van der Waals surface area contributed by atoms with Gasteiger partial charge in [-0.25, -0.2) is 13.6 Å². The van der Waals surface area contributed by atoms with Crippen molar-refractivity contribution in [2.45, 2.75) is 25.9 Å². The van der Waals surface area contributed by atoms with Gasteiger partial charge >= 0.3 is 12.1 Å². The molecule has 1 atom stereocenters. The normalized spacial score (nSPS) is 17.0. The number of rotatable bonds is 9. The summed E-state index contributed by atoms with van der Waals surface area (Å²) >= 11 is 0. The van der Waals surface area contributed by atoms with E-state index in [0.717, 1.165) is 17.0 Å². The molecule has 3 aromatic rings. The van der Waals surface area contributed by atoms with Gasteiger partial charge in [0.25, 0.3) is 5.91 Å². The summed E-state index contributed by atoms with van der Waals surface area (Å²) in [6.45, 7) is 2.33. The average molecular weight is 587 g/mol. The van der Waals surface area contributed by atoms with Crippen LogP contribution < -0.4 is 15.1 Å². The van der Waals surface area contributed by atoms with Gasteiger partial charge in [0.2, 0.25) is 11.7 Å². The molecule has 2 saturated heterocycles. The molecular formula is C26H28F2N8O6. The molecule has 0 spiro atoms. The van der Waals surface area contributed by atoms with Crippen molar-refractivity contribution >= 4 is 40.9 Å². The molecule has 14 nitrogen and oxygen atoms in total. The number of carbonyl (C=O) groups excluding carboxylic acids is 4. The predicted molar refractivity (Wildman–Crippen MR) is 142 cm³/mol. The second-order valence-corrected chi connectivity index (χ2v) is 9.60. The van der Waals surface area contributed by atoms with Crippen molar-refractivity contribution in [2.75, 3.05) is 55.7 Å². The van der Waals surface area contributed by atoms with Crippen LogP contribution in [-0.4, -0.2) is 100 Å². The first-order chi connectivity index (χ1) is 20.2. The quantitative estimate of drug-likeness (QED) is 0.362. The van der Waals surface area contributed by atoms with Gasteiger partial charge in [-0.05, 0) is 13.3 Å². The largest absolute Gasteiger partial charge is 0.466 e. The summed E-state index contributed by atoms with van der Waals surface area (Å²) in [5, 5.41) is 10.2. The van der Waals surface area contributed by atoms with E-state index >= 15 is 8.78 Å². The molecule has 0 saturated carbocycles. The fourth-order valence-electron chi connectivity index (χ4n) is 4.84. The molecular weight excluding hydrogens is 558 g/mol. The fraction of sp³-hybridized carbons (Fsp3) is 0.423. The SMILES string of the molecule is CCOC(=O)CC[C@H]1CN(c2cc(F)c(N3CCN(C(=O)CNC(=O)c4nnc5cnccn45)CC3)c(F)c2)C(=O)O1. The number of nitrogens with zero attached hydrogens (tertiary/aromatic N) is 7. The Morgan fingerprint density at radius 1 is 1.12 bits per heavy atom. The number of hydrogen-bond donors (Lipinski definition) is 1. The van der Waals surface area contributed by atoms with E-state index in [2.05, 4.69) is 20.5 Å². The summed E-state index contributed by atoms with van der Waals surface area (Å²) in [6, 6.07) is 2.12. The van der Waals surface area contributed by atoms with Gasteiger partial charge in [0.15, 0.2) is 17.3 Å². The van der Waals surface area contributed by atoms with Crippen LogP contribution in [0.3, 0.4) is 0 Å². The summed E-state index contributed by atoms with van der Waals surface area (Å²) in [7, 11) is 0. The number of anilines is 2. The molecule has 5 rings (SSSR count). The Balaban J connectivity index is 1.14. The number of aromatic nitrogens is 4. The standard InChI is InChI=1S/C26H28F2N8O6/c1-2-41-22(38)4-3-17-15-36(26(40)42-17)16-11-18(27)23(19(28)12-16)34-9-7-33(8-10-34)21(37)14-30-25(39)24-32-31-20-13-29-5-6-35(20)24/h5-6,11-13,17H,2-4,7-10,14-15H2,1H3,(H,30,39)/t17-/m0/s1. The molecule has 0 bridgehead atoms. The Kier molecular flexibility index (Phi) is 8.40. The number of halogens is 2. The summed E-state index contributed by atoms with van der Waals surface area (Å²) in [5.74, 6) is -3.09. The number of hydrogen-bond acceptors (Lipinski definition) is 10. The van der Waals surface area contributed by atoms with Crippen molar-refractivity contribution in [2.24, 2.45) is 0 Å². The number of carbonyl (C=O) groups is 4. The van der Waals surface area contributed by atoms with Crippen molar-refractivity contribution in [1.82, 2.24) is 29.8 Å². The number of fused-ring (bicyclic) bond motifs is 1. The average Bonchev–Trinajstić information content (AvgIpc) is 3.58. The van der Waals surface area contributed by atoms with E-state index in [1.165, 1.54) is 32.8 Å². The van der Waals surface area contributed by atoms with Gasteiger partial charge in [-0.1, -0.05) is 0 Å². The second-order valence-electron chi connectivity index (χ2n) is 9.60. The molecule has 16 heteroatoms. The van der Waals surface area contributed by atoms with E-state index in [1.54, 1.807) is 6.92 Å². The van der Waals surface area contributed by atoms with Gasteiger partial charge in [0.1, 0.15) is 11.8 Å². The Labute approximate surface area is 238 Å². The maximum absolute atomic E-state index is 15.2. The van der Waals surface area contributed by atoms with Crippen LogP contribution in [0.25, 0.3) is 5.65 Å². The number of benzene rings is 1. The number of cyclic esters (lactones) is 1. The van der Waals surface area contributed by atoms with Crippen LogP contribution in [0.5, 0.6) is 0 Å². The van der Waals surface area contributed by atoms with Crippen molar-refractivity contribution in [3.05, 3.63) is 48.2 Å². The molecule has 2 aliphatic rings. The first kappa shape index (κ1) is 28.6. The van der Waals surface area contributed by atoms with Crippen molar-refractivity contribution in [3.63, 3.8) is 0 Å². The first-order valence-electron chi connectivity index (χ1n) is 13.3. The molecule has 0 radical (unpaired) electrons. The number of ether oxygens (including phenoxy) is 2. The monoisotopic (exact) mass is 586 g/mol. The van der Waals surface area contributed by atoms with Crippen LogP contribution in [0.4, 0.5) is 25.0 Å². The lowest BCUT2D eigenvalue weighted by Crippen LogP contribution is -2.51. The lowest BCUT2D eigenvalue weighted by molar-refractivity contribution is -0.143. The van der Waals surface area contributed by atoms with Crippen LogP contribution in [0.15, 0.2) is 30.7 Å². The Morgan fingerprint density at radius 2 is 1.86 bits per heavy atom. The van der Waals surface area contributed by atoms with Gasteiger partial charge < -0.3 is 24.6 Å². The van der Waals surface area contributed by atoms with Crippen LogP contribution in [-0.2, 0) is 19.1 Å². The molecule has 1 aromatic carbocycles. The zero-order chi connectivity index (χ0) is 29.8. The molecule has 2 fully saturated rings. The minimum atomic E-state index is -0.865. The van der Waals surface area contributed by atoms with Gasteiger partial charge in [-0.15, -0.1) is 10.2 Å². The van der Waals surface area contributed by atoms with Crippen molar-refractivity contribution < 1.29 is 37.4 Å². The third-order valence-corrected chi connectivity index (χ3v) is 6.93. The number of nitrogens with one attached hydrogen (secondary N) is 1. The zero-order valence-corrected chi connectivity index (χ0v) is 22.7. The molecule has 0 unspecified atom stereocenters. The van der Waals surface area contributed by atoms with E-state index in [0.29, 0.717) is 5.65 Å². The molecule has 42 heavy (non-hydrogen) atoms. The minimum Gasteiger partial charge on any atom is -0.466 e. The van der Waals surface area contributed by atoms with E-state index < -0.39 is 35.7 Å². The van der Waals surface area contributed by atoms with Crippen LogP contribution in [0.2, 0.25) is 0 Å². The number of esters is 1. The summed E-state index contributed by atoms with van der Waals surface area (Å²) in [6.07, 6.45) is 3.35. The van der Waals surface area contributed by atoms with Crippen LogP contribution >= 0.6 is 0 Å². The lowest BCUT2D eigenvalue weighted by Gasteiger charge is -2.36. The third kappa shape index (κ3) is 6.06. The van der Waals surface area contributed by atoms with Crippen molar-refractivity contribution in [1.29, 1.82) is 0 Å². The smallest absolute Gasteiger partial charge is 0.414 e. The molecule has 4 heterocycles. The van der Waals surface area contributed by atoms with E-state index in [4.69, 9.17) is 9.47 Å². The van der Waals surface area contributed by atoms with E-state index in [1.807, 2.05) is 0 Å². The third-order valence-electron chi connectivity index (χ3n) is 6.93. The number of amides is 3. The summed E-state index contributed by atoms with van der Waals surface area (Å²) in [5.41, 5.74) is 0.116. The number of piperazine rings is 1. The zero-order valence-electron chi connectivity index (χ0n) is 22.7. The van der Waals surface area contributed by atoms with Crippen LogP contribution in [0.1, 0.15) is 30.4 Å². The highest BCUT2D eigenvalue weighted by Crippen LogP contribution is 2.32. The lowest BCUT2D eigenvalue weighted by atomic mass is 10.1. The highest BCUT2D eigenvalue weighted by Gasteiger charge is 2.34. The fourth-order valence-corrected chi connectivity index (χ4v) is 4.84. The maximum Gasteiger partial charge on any atom is 0.414 e.